The molecule has 2 aromatic rings. The van der Waals surface area contributed by atoms with Crippen LogP contribution in [0.4, 0.5) is 0 Å². The Morgan fingerprint density at radius 2 is 2.06 bits per heavy atom. The first kappa shape index (κ1) is 12.7. The van der Waals surface area contributed by atoms with Crippen LogP contribution in [0.2, 0.25) is 0 Å². The van der Waals surface area contributed by atoms with Crippen LogP contribution in [0, 0.1) is 5.92 Å². The van der Waals surface area contributed by atoms with Gasteiger partial charge in [-0.2, -0.15) is 0 Å². The SMILES string of the molecule is CC(C)Cc1[nH]c2ccccc2c1CCC(=O)O. The van der Waals surface area contributed by atoms with Crippen molar-refractivity contribution in [2.24, 2.45) is 5.92 Å². The maximum atomic E-state index is 10.8. The number of nitrogens with one attached hydrogen (secondary N) is 1. The largest absolute Gasteiger partial charge is 0.481 e. The van der Waals surface area contributed by atoms with Crippen molar-refractivity contribution in [3.63, 3.8) is 0 Å². The molecular formula is C15H19NO2. The maximum absolute atomic E-state index is 10.8. The molecule has 1 heterocycles. The fourth-order valence-electron chi connectivity index (χ4n) is 2.36. The minimum atomic E-state index is -0.740. The van der Waals surface area contributed by atoms with E-state index in [1.165, 1.54) is 11.3 Å². The van der Waals surface area contributed by atoms with Crippen LogP contribution in [0.5, 0.6) is 0 Å². The van der Waals surface area contributed by atoms with Crippen molar-refractivity contribution < 1.29 is 9.90 Å². The van der Waals surface area contributed by atoms with Crippen LogP contribution in [-0.2, 0) is 17.6 Å². The van der Waals surface area contributed by atoms with Crippen molar-refractivity contribution in [2.45, 2.75) is 33.1 Å². The molecule has 3 nitrogen and oxygen atoms in total. The second-order valence-electron chi connectivity index (χ2n) is 5.12. The predicted octanol–water partition coefficient (Wildman–Crippen LogP) is 3.38. The Kier molecular flexibility index (Phi) is 3.70. The smallest absolute Gasteiger partial charge is 0.303 e. The quantitative estimate of drug-likeness (QED) is 0.848. The van der Waals surface area contributed by atoms with Crippen molar-refractivity contribution in [1.82, 2.24) is 4.98 Å². The van der Waals surface area contributed by atoms with E-state index in [2.05, 4.69) is 24.9 Å². The lowest BCUT2D eigenvalue weighted by molar-refractivity contribution is -0.136. The van der Waals surface area contributed by atoms with Gasteiger partial charge in [0.05, 0.1) is 0 Å². The Labute approximate surface area is 107 Å². The fourth-order valence-corrected chi connectivity index (χ4v) is 2.36. The molecule has 18 heavy (non-hydrogen) atoms. The predicted molar refractivity (Wildman–Crippen MR) is 72.8 cm³/mol. The van der Waals surface area contributed by atoms with Crippen LogP contribution >= 0.6 is 0 Å². The molecule has 0 saturated carbocycles. The van der Waals surface area contributed by atoms with Crippen LogP contribution in [0.3, 0.4) is 0 Å². The van der Waals surface area contributed by atoms with Gasteiger partial charge in [0.1, 0.15) is 0 Å². The molecule has 2 N–H and O–H groups in total. The van der Waals surface area contributed by atoms with E-state index in [4.69, 9.17) is 5.11 Å². The van der Waals surface area contributed by atoms with Gasteiger partial charge in [-0.05, 0) is 30.4 Å². The third kappa shape index (κ3) is 2.73. The average Bonchev–Trinajstić information content (AvgIpc) is 2.62. The molecule has 0 aliphatic rings. The van der Waals surface area contributed by atoms with E-state index >= 15 is 0 Å². The number of hydrogen-bond acceptors (Lipinski definition) is 1. The lowest BCUT2D eigenvalue weighted by Crippen LogP contribution is -2.02. The zero-order valence-electron chi connectivity index (χ0n) is 10.9. The average molecular weight is 245 g/mol. The zero-order valence-corrected chi connectivity index (χ0v) is 10.9. The molecule has 0 aliphatic carbocycles. The second-order valence-corrected chi connectivity index (χ2v) is 5.12. The molecule has 3 heteroatoms. The first-order valence-corrected chi connectivity index (χ1v) is 6.38. The van der Waals surface area contributed by atoms with Crippen LogP contribution in [0.1, 0.15) is 31.5 Å². The molecule has 2 rings (SSSR count). The van der Waals surface area contributed by atoms with Gasteiger partial charge < -0.3 is 10.1 Å². The lowest BCUT2D eigenvalue weighted by atomic mass is 10.00. The van der Waals surface area contributed by atoms with E-state index in [1.54, 1.807) is 0 Å². The van der Waals surface area contributed by atoms with E-state index < -0.39 is 5.97 Å². The highest BCUT2D eigenvalue weighted by molar-refractivity contribution is 5.85. The molecule has 1 aromatic heterocycles. The standard InChI is InChI=1S/C15H19NO2/c1-10(2)9-14-12(7-8-15(17)18)11-5-3-4-6-13(11)16-14/h3-6,10,16H,7-9H2,1-2H3,(H,17,18). The number of carboxylic acids is 1. The van der Waals surface area contributed by atoms with Crippen LogP contribution in [0.15, 0.2) is 24.3 Å². The van der Waals surface area contributed by atoms with E-state index in [0.29, 0.717) is 12.3 Å². The highest BCUT2D eigenvalue weighted by Crippen LogP contribution is 2.25. The van der Waals surface area contributed by atoms with Crippen LogP contribution in [0.25, 0.3) is 10.9 Å². The Balaban J connectivity index is 2.40. The highest BCUT2D eigenvalue weighted by Gasteiger charge is 2.13. The Morgan fingerprint density at radius 1 is 1.33 bits per heavy atom. The summed E-state index contributed by atoms with van der Waals surface area (Å²) in [5.41, 5.74) is 3.46. The minimum Gasteiger partial charge on any atom is -0.481 e. The lowest BCUT2D eigenvalue weighted by Gasteiger charge is -2.06. The summed E-state index contributed by atoms with van der Waals surface area (Å²) < 4.78 is 0. The van der Waals surface area contributed by atoms with Gasteiger partial charge in [-0.1, -0.05) is 32.0 Å². The number of carbonyl (C=O) groups is 1. The first-order valence-electron chi connectivity index (χ1n) is 6.38. The number of carboxylic acid groups (broad SMARTS) is 1. The molecule has 0 saturated heterocycles. The van der Waals surface area contributed by atoms with Gasteiger partial charge in [-0.15, -0.1) is 0 Å². The third-order valence-corrected chi connectivity index (χ3v) is 3.10. The molecule has 0 bridgehead atoms. The molecule has 0 unspecified atom stereocenters. The third-order valence-electron chi connectivity index (χ3n) is 3.10. The number of rotatable bonds is 5. The number of para-hydroxylation sites is 1. The van der Waals surface area contributed by atoms with Gasteiger partial charge in [-0.25, -0.2) is 0 Å². The summed E-state index contributed by atoms with van der Waals surface area (Å²) in [7, 11) is 0. The molecule has 0 radical (unpaired) electrons. The van der Waals surface area contributed by atoms with Gasteiger partial charge in [0, 0.05) is 23.0 Å². The number of fused-ring (bicyclic) bond motifs is 1. The first-order chi connectivity index (χ1) is 8.58. The summed E-state index contributed by atoms with van der Waals surface area (Å²) in [5.74, 6) is -0.183. The van der Waals surface area contributed by atoms with E-state index in [1.807, 2.05) is 18.2 Å². The molecular weight excluding hydrogens is 226 g/mol. The van der Waals surface area contributed by atoms with Crippen LogP contribution < -0.4 is 0 Å². The fraction of sp³-hybridized carbons (Fsp3) is 0.400. The summed E-state index contributed by atoms with van der Waals surface area (Å²) in [6.07, 6.45) is 1.75. The molecule has 0 spiro atoms. The second kappa shape index (κ2) is 5.25. The Bertz CT molecular complexity index is 555. The number of aryl methyl sites for hydroxylation is 1. The number of benzene rings is 1. The van der Waals surface area contributed by atoms with Crippen molar-refractivity contribution in [3.8, 4) is 0 Å². The van der Waals surface area contributed by atoms with E-state index in [0.717, 1.165) is 17.3 Å². The summed E-state index contributed by atoms with van der Waals surface area (Å²) >= 11 is 0. The Hall–Kier alpha value is -1.77. The maximum Gasteiger partial charge on any atom is 0.303 e. The molecule has 1 aromatic carbocycles. The van der Waals surface area contributed by atoms with Gasteiger partial charge >= 0.3 is 5.97 Å². The normalized spacial score (nSPS) is 11.3. The van der Waals surface area contributed by atoms with Gasteiger partial charge in [-0.3, -0.25) is 4.79 Å². The van der Waals surface area contributed by atoms with Gasteiger partial charge in [0.15, 0.2) is 0 Å². The Morgan fingerprint density at radius 3 is 2.72 bits per heavy atom. The summed E-state index contributed by atoms with van der Waals surface area (Å²) in [4.78, 5) is 14.2. The molecule has 0 fully saturated rings. The van der Waals surface area contributed by atoms with Crippen molar-refractivity contribution in [2.75, 3.05) is 0 Å². The molecule has 0 aliphatic heterocycles. The number of hydrogen-bond donors (Lipinski definition) is 2. The van der Waals surface area contributed by atoms with Crippen molar-refractivity contribution in [1.29, 1.82) is 0 Å². The van der Waals surface area contributed by atoms with Gasteiger partial charge in [0.25, 0.3) is 0 Å². The zero-order chi connectivity index (χ0) is 13.1. The number of aromatic nitrogens is 1. The number of aliphatic carboxylic acids is 1. The number of H-pyrrole nitrogens is 1. The highest BCUT2D eigenvalue weighted by atomic mass is 16.4. The topological polar surface area (TPSA) is 53.1 Å². The van der Waals surface area contributed by atoms with Crippen molar-refractivity contribution in [3.05, 3.63) is 35.5 Å². The van der Waals surface area contributed by atoms with Crippen LogP contribution in [-0.4, -0.2) is 16.1 Å². The minimum absolute atomic E-state index is 0.187. The summed E-state index contributed by atoms with van der Waals surface area (Å²) in [6.45, 7) is 4.35. The van der Waals surface area contributed by atoms with Gasteiger partial charge in [0.2, 0.25) is 0 Å². The van der Waals surface area contributed by atoms with Crippen molar-refractivity contribution >= 4 is 16.9 Å². The van der Waals surface area contributed by atoms with E-state index in [-0.39, 0.29) is 6.42 Å². The summed E-state index contributed by atoms with van der Waals surface area (Å²) in [5, 5.41) is 10.0. The molecule has 0 atom stereocenters. The molecule has 0 amide bonds. The monoisotopic (exact) mass is 245 g/mol. The number of aromatic amines is 1. The summed E-state index contributed by atoms with van der Waals surface area (Å²) in [6, 6.07) is 8.11. The molecule has 96 valence electrons. The van der Waals surface area contributed by atoms with E-state index in [9.17, 15) is 4.79 Å².